The number of hydrogen-bond acceptors (Lipinski definition) is 3. The van der Waals surface area contributed by atoms with Gasteiger partial charge in [0.2, 0.25) is 5.91 Å². The van der Waals surface area contributed by atoms with Crippen LogP contribution in [0.15, 0.2) is 49.6 Å². The van der Waals surface area contributed by atoms with Crippen LogP contribution >= 0.6 is 0 Å². The average Bonchev–Trinajstić information content (AvgIpc) is 2.44. The number of nitrogens with zero attached hydrogens (tertiary/aromatic N) is 1. The molecule has 0 aromatic heterocycles. The zero-order chi connectivity index (χ0) is 14.1. The molecule has 1 aromatic rings. The minimum absolute atomic E-state index is 0.136. The third kappa shape index (κ3) is 4.97. The van der Waals surface area contributed by atoms with E-state index in [1.54, 1.807) is 19.3 Å². The third-order valence-electron chi connectivity index (χ3n) is 2.44. The van der Waals surface area contributed by atoms with Crippen molar-refractivity contribution in [2.45, 2.75) is 13.0 Å². The normalized spacial score (nSPS) is 9.74. The van der Waals surface area contributed by atoms with Crippen molar-refractivity contribution in [1.82, 2.24) is 5.06 Å². The Balaban J connectivity index is 2.56. The SMILES string of the molecule is C=CCC(=O)N(CC=C)OCc1ccc(OC)cc1. The van der Waals surface area contributed by atoms with E-state index >= 15 is 0 Å². The Labute approximate surface area is 113 Å². The second-order valence-corrected chi connectivity index (χ2v) is 3.86. The summed E-state index contributed by atoms with van der Waals surface area (Å²) in [6.45, 7) is 7.81. The lowest BCUT2D eigenvalue weighted by atomic mass is 10.2. The minimum Gasteiger partial charge on any atom is -0.497 e. The van der Waals surface area contributed by atoms with Gasteiger partial charge in [0.25, 0.3) is 0 Å². The molecule has 4 heteroatoms. The maximum atomic E-state index is 11.7. The summed E-state index contributed by atoms with van der Waals surface area (Å²) in [6, 6.07) is 7.48. The molecule has 0 unspecified atom stereocenters. The molecule has 102 valence electrons. The molecule has 0 spiro atoms. The van der Waals surface area contributed by atoms with Gasteiger partial charge in [-0.3, -0.25) is 9.63 Å². The van der Waals surface area contributed by atoms with Crippen LogP contribution < -0.4 is 4.74 Å². The van der Waals surface area contributed by atoms with Crippen LogP contribution in [0.25, 0.3) is 0 Å². The van der Waals surface area contributed by atoms with Gasteiger partial charge in [-0.25, -0.2) is 5.06 Å². The van der Waals surface area contributed by atoms with Crippen molar-refractivity contribution in [3.05, 3.63) is 55.1 Å². The average molecular weight is 261 g/mol. The molecular formula is C15H19NO3. The number of carbonyl (C=O) groups excluding carboxylic acids is 1. The Morgan fingerprint density at radius 3 is 2.47 bits per heavy atom. The van der Waals surface area contributed by atoms with E-state index in [1.807, 2.05) is 24.3 Å². The summed E-state index contributed by atoms with van der Waals surface area (Å²) in [4.78, 5) is 17.2. The first-order chi connectivity index (χ1) is 9.21. The predicted molar refractivity (Wildman–Crippen MR) is 74.5 cm³/mol. The van der Waals surface area contributed by atoms with Crippen LogP contribution in [0.2, 0.25) is 0 Å². The van der Waals surface area contributed by atoms with Crippen molar-refractivity contribution in [3.63, 3.8) is 0 Å². The second kappa shape index (κ2) is 8.11. The Hall–Kier alpha value is -2.07. The molecular weight excluding hydrogens is 242 g/mol. The van der Waals surface area contributed by atoms with Crippen LogP contribution in [0, 0.1) is 0 Å². The highest BCUT2D eigenvalue weighted by Crippen LogP contribution is 2.12. The summed E-state index contributed by atoms with van der Waals surface area (Å²) in [5.74, 6) is 0.651. The molecule has 1 aromatic carbocycles. The largest absolute Gasteiger partial charge is 0.497 e. The van der Waals surface area contributed by atoms with Gasteiger partial charge < -0.3 is 4.74 Å². The second-order valence-electron chi connectivity index (χ2n) is 3.86. The lowest BCUT2D eigenvalue weighted by molar-refractivity contribution is -0.187. The van der Waals surface area contributed by atoms with Crippen molar-refractivity contribution in [1.29, 1.82) is 0 Å². The van der Waals surface area contributed by atoms with Crippen LogP contribution in [0.1, 0.15) is 12.0 Å². The van der Waals surface area contributed by atoms with E-state index in [0.717, 1.165) is 11.3 Å². The first-order valence-electron chi connectivity index (χ1n) is 5.99. The first-order valence-corrected chi connectivity index (χ1v) is 5.99. The topological polar surface area (TPSA) is 38.8 Å². The van der Waals surface area contributed by atoms with Gasteiger partial charge in [-0.1, -0.05) is 24.3 Å². The Morgan fingerprint density at radius 1 is 1.26 bits per heavy atom. The number of hydrogen-bond donors (Lipinski definition) is 0. The molecule has 0 aliphatic rings. The van der Waals surface area contributed by atoms with Gasteiger partial charge in [-0.15, -0.1) is 13.2 Å². The van der Waals surface area contributed by atoms with Crippen molar-refractivity contribution in [3.8, 4) is 5.75 Å². The molecule has 4 nitrogen and oxygen atoms in total. The molecule has 0 aliphatic carbocycles. The van der Waals surface area contributed by atoms with Crippen molar-refractivity contribution >= 4 is 5.91 Å². The fourth-order valence-corrected chi connectivity index (χ4v) is 1.44. The molecule has 0 radical (unpaired) electrons. The Bertz CT molecular complexity index is 426. The summed E-state index contributed by atoms with van der Waals surface area (Å²) < 4.78 is 5.07. The fourth-order valence-electron chi connectivity index (χ4n) is 1.44. The lowest BCUT2D eigenvalue weighted by Crippen LogP contribution is -2.30. The van der Waals surface area contributed by atoms with E-state index in [1.165, 1.54) is 5.06 Å². The molecule has 1 amide bonds. The number of methoxy groups -OCH3 is 1. The van der Waals surface area contributed by atoms with Gasteiger partial charge in [-0.05, 0) is 17.7 Å². The molecule has 0 bridgehead atoms. The number of carbonyl (C=O) groups is 1. The Kier molecular flexibility index (Phi) is 6.39. The first kappa shape index (κ1) is 15.0. The maximum Gasteiger partial charge on any atom is 0.250 e. The van der Waals surface area contributed by atoms with Gasteiger partial charge in [0, 0.05) is 6.42 Å². The van der Waals surface area contributed by atoms with Crippen LogP contribution in [0.3, 0.4) is 0 Å². The molecule has 0 aliphatic heterocycles. The maximum absolute atomic E-state index is 11.7. The van der Waals surface area contributed by atoms with E-state index in [9.17, 15) is 4.79 Å². The molecule has 0 atom stereocenters. The van der Waals surface area contributed by atoms with E-state index < -0.39 is 0 Å². The van der Waals surface area contributed by atoms with Crippen LogP contribution in [0.5, 0.6) is 5.75 Å². The van der Waals surface area contributed by atoms with Crippen LogP contribution in [-0.4, -0.2) is 24.6 Å². The summed E-state index contributed by atoms with van der Waals surface area (Å²) in [5.41, 5.74) is 0.960. The number of ether oxygens (including phenoxy) is 1. The van der Waals surface area contributed by atoms with Crippen LogP contribution in [-0.2, 0) is 16.2 Å². The number of amides is 1. The molecule has 0 fully saturated rings. The fraction of sp³-hybridized carbons (Fsp3) is 0.267. The Morgan fingerprint density at radius 2 is 1.95 bits per heavy atom. The summed E-state index contributed by atoms with van der Waals surface area (Å²) >= 11 is 0. The van der Waals surface area contributed by atoms with E-state index in [4.69, 9.17) is 9.57 Å². The van der Waals surface area contributed by atoms with Gasteiger partial charge in [0.1, 0.15) is 12.4 Å². The van der Waals surface area contributed by atoms with Gasteiger partial charge in [-0.2, -0.15) is 0 Å². The summed E-state index contributed by atoms with van der Waals surface area (Å²) in [6.07, 6.45) is 3.42. The van der Waals surface area contributed by atoms with Crippen molar-refractivity contribution in [2.24, 2.45) is 0 Å². The highest BCUT2D eigenvalue weighted by atomic mass is 16.7. The highest BCUT2D eigenvalue weighted by molar-refractivity contribution is 5.76. The predicted octanol–water partition coefficient (Wildman–Crippen LogP) is 2.72. The van der Waals surface area contributed by atoms with Crippen molar-refractivity contribution < 1.29 is 14.4 Å². The number of benzene rings is 1. The van der Waals surface area contributed by atoms with Gasteiger partial charge in [0.05, 0.1) is 13.7 Å². The number of hydroxylamine groups is 2. The standard InChI is InChI=1S/C15H19NO3/c1-4-6-15(17)16(11-5-2)19-12-13-7-9-14(18-3)10-8-13/h4-5,7-10H,1-2,6,11-12H2,3H3. The molecule has 1 rings (SSSR count). The molecule has 19 heavy (non-hydrogen) atoms. The van der Waals surface area contributed by atoms with E-state index in [-0.39, 0.29) is 12.3 Å². The zero-order valence-corrected chi connectivity index (χ0v) is 11.2. The summed E-state index contributed by atoms with van der Waals surface area (Å²) in [5, 5.41) is 1.29. The zero-order valence-electron chi connectivity index (χ0n) is 11.2. The van der Waals surface area contributed by atoms with E-state index in [2.05, 4.69) is 13.2 Å². The monoisotopic (exact) mass is 261 g/mol. The smallest absolute Gasteiger partial charge is 0.250 e. The molecule has 0 saturated carbocycles. The molecule has 0 N–H and O–H groups in total. The lowest BCUT2D eigenvalue weighted by Gasteiger charge is -2.19. The number of rotatable bonds is 8. The summed E-state index contributed by atoms with van der Waals surface area (Å²) in [7, 11) is 1.62. The van der Waals surface area contributed by atoms with E-state index in [0.29, 0.717) is 13.2 Å². The molecule has 0 heterocycles. The van der Waals surface area contributed by atoms with Gasteiger partial charge >= 0.3 is 0 Å². The quantitative estimate of drug-likeness (QED) is 0.533. The van der Waals surface area contributed by atoms with Crippen molar-refractivity contribution in [2.75, 3.05) is 13.7 Å². The molecule has 0 saturated heterocycles. The third-order valence-corrected chi connectivity index (χ3v) is 2.44. The van der Waals surface area contributed by atoms with Gasteiger partial charge in [0.15, 0.2) is 0 Å². The highest BCUT2D eigenvalue weighted by Gasteiger charge is 2.11. The van der Waals surface area contributed by atoms with Crippen LogP contribution in [0.4, 0.5) is 0 Å². The minimum atomic E-state index is -0.136.